The van der Waals surface area contributed by atoms with Gasteiger partial charge in [0.1, 0.15) is 17.3 Å². The number of nitrogens with zero attached hydrogens (tertiary/aromatic N) is 2. The number of hydrogen-bond acceptors (Lipinski definition) is 2. The maximum absolute atomic E-state index is 6.33. The van der Waals surface area contributed by atoms with E-state index in [-0.39, 0.29) is 0 Å². The molecule has 0 saturated carbocycles. The fourth-order valence-electron chi connectivity index (χ4n) is 2.85. The molecular weight excluding hydrogens is 246 g/mol. The molecule has 1 aromatic carbocycles. The minimum Gasteiger partial charge on any atom is -0.383 e. The van der Waals surface area contributed by atoms with Crippen LogP contribution in [0.15, 0.2) is 24.8 Å². The lowest BCUT2D eigenvalue weighted by atomic mass is 9.97. The van der Waals surface area contributed by atoms with Gasteiger partial charge in [-0.3, -0.25) is 0 Å². The van der Waals surface area contributed by atoms with Crippen LogP contribution >= 0.6 is 0 Å². The highest BCUT2D eigenvalue weighted by atomic mass is 15.1. The predicted octanol–water partition coefficient (Wildman–Crippen LogP) is 3.81. The molecule has 2 aromatic rings. The smallest absolute Gasteiger partial charge is 0.132 e. The van der Waals surface area contributed by atoms with Gasteiger partial charge in [-0.25, -0.2) is 4.98 Å². The number of anilines is 1. The van der Waals surface area contributed by atoms with Crippen LogP contribution in [0.3, 0.4) is 0 Å². The highest BCUT2D eigenvalue weighted by molar-refractivity contribution is 5.76. The molecule has 0 spiro atoms. The van der Waals surface area contributed by atoms with Gasteiger partial charge in [0.25, 0.3) is 0 Å². The summed E-state index contributed by atoms with van der Waals surface area (Å²) in [6, 6.07) is 4.36. The molecule has 2 N–H and O–H groups in total. The highest BCUT2D eigenvalue weighted by Gasteiger charge is 2.17. The Bertz CT molecular complexity index is 627. The average Bonchev–Trinajstić information content (AvgIpc) is 2.67. The number of allylic oxidation sites excluding steroid dienone is 1. The van der Waals surface area contributed by atoms with Gasteiger partial charge in [0, 0.05) is 18.5 Å². The minimum atomic E-state index is 0.700. The van der Waals surface area contributed by atoms with Crippen LogP contribution in [-0.2, 0) is 13.0 Å². The van der Waals surface area contributed by atoms with E-state index in [1.807, 2.05) is 10.6 Å². The molecule has 1 heterocycles. The zero-order chi connectivity index (χ0) is 14.9. The van der Waals surface area contributed by atoms with Gasteiger partial charge >= 0.3 is 0 Å². The third-order valence-corrected chi connectivity index (χ3v) is 3.63. The van der Waals surface area contributed by atoms with Crippen LogP contribution in [0.5, 0.6) is 0 Å². The molecule has 0 aliphatic rings. The van der Waals surface area contributed by atoms with Crippen LogP contribution in [0.1, 0.15) is 29.4 Å². The summed E-state index contributed by atoms with van der Waals surface area (Å²) in [7, 11) is 0. The summed E-state index contributed by atoms with van der Waals surface area (Å²) in [5.41, 5.74) is 12.1. The van der Waals surface area contributed by atoms with Crippen LogP contribution in [0.4, 0.5) is 5.82 Å². The monoisotopic (exact) mass is 269 g/mol. The number of aryl methyl sites for hydroxylation is 4. The van der Waals surface area contributed by atoms with Crippen molar-refractivity contribution >= 4 is 5.82 Å². The Morgan fingerprint density at radius 2 is 1.85 bits per heavy atom. The predicted molar refractivity (Wildman–Crippen MR) is 85.9 cm³/mol. The Morgan fingerprint density at radius 3 is 2.35 bits per heavy atom. The minimum absolute atomic E-state index is 0.700. The van der Waals surface area contributed by atoms with E-state index in [4.69, 9.17) is 10.7 Å². The van der Waals surface area contributed by atoms with Crippen molar-refractivity contribution in [2.75, 3.05) is 5.73 Å². The third-order valence-electron chi connectivity index (χ3n) is 3.63. The third kappa shape index (κ3) is 2.36. The summed E-state index contributed by atoms with van der Waals surface area (Å²) in [6.45, 7) is 12.9. The van der Waals surface area contributed by atoms with Gasteiger partial charge in [0.2, 0.25) is 0 Å². The maximum Gasteiger partial charge on any atom is 0.132 e. The fourth-order valence-corrected chi connectivity index (χ4v) is 2.85. The lowest BCUT2D eigenvalue weighted by Crippen LogP contribution is -2.05. The van der Waals surface area contributed by atoms with Gasteiger partial charge < -0.3 is 10.3 Å². The Balaban J connectivity index is 2.68. The molecule has 0 aliphatic carbocycles. The van der Waals surface area contributed by atoms with E-state index in [1.54, 1.807) is 0 Å². The molecule has 20 heavy (non-hydrogen) atoms. The van der Waals surface area contributed by atoms with Gasteiger partial charge in [-0.2, -0.15) is 0 Å². The number of benzene rings is 1. The zero-order valence-electron chi connectivity index (χ0n) is 12.8. The fraction of sp³-hybridized carbons (Fsp3) is 0.353. The van der Waals surface area contributed by atoms with E-state index >= 15 is 0 Å². The van der Waals surface area contributed by atoms with Crippen molar-refractivity contribution in [1.29, 1.82) is 0 Å². The first kappa shape index (κ1) is 14.4. The number of imidazole rings is 1. The van der Waals surface area contributed by atoms with Crippen molar-refractivity contribution in [3.8, 4) is 11.3 Å². The second-order valence-corrected chi connectivity index (χ2v) is 5.29. The van der Waals surface area contributed by atoms with Crippen molar-refractivity contribution < 1.29 is 0 Å². The molecule has 0 fully saturated rings. The highest BCUT2D eigenvalue weighted by Crippen LogP contribution is 2.32. The number of nitrogen functional groups attached to an aromatic ring is 1. The number of hydrogen-bond donors (Lipinski definition) is 1. The normalized spacial score (nSPS) is 10.8. The standard InChI is InChI=1S/C17H23N3/c1-6-8-20-14(7-2)19-16(17(20)18)15-12(4)9-11(3)10-13(15)5/h6,9-10H,1,7-8,18H2,2-5H3. The largest absolute Gasteiger partial charge is 0.383 e. The molecule has 3 nitrogen and oxygen atoms in total. The molecule has 0 saturated heterocycles. The summed E-state index contributed by atoms with van der Waals surface area (Å²) in [6.07, 6.45) is 2.72. The number of nitrogens with two attached hydrogens (primary N) is 1. The first-order chi connectivity index (χ1) is 9.49. The van der Waals surface area contributed by atoms with Crippen molar-refractivity contribution in [2.24, 2.45) is 0 Å². The Morgan fingerprint density at radius 1 is 1.25 bits per heavy atom. The zero-order valence-corrected chi connectivity index (χ0v) is 12.8. The molecule has 0 atom stereocenters. The lowest BCUT2D eigenvalue weighted by molar-refractivity contribution is 0.757. The van der Waals surface area contributed by atoms with Crippen LogP contribution in [0, 0.1) is 20.8 Å². The molecule has 0 aliphatic heterocycles. The summed E-state index contributed by atoms with van der Waals surface area (Å²) in [5.74, 6) is 1.74. The van der Waals surface area contributed by atoms with E-state index in [9.17, 15) is 0 Å². The summed E-state index contributed by atoms with van der Waals surface area (Å²) in [5, 5.41) is 0. The van der Waals surface area contributed by atoms with Gasteiger partial charge in [0.05, 0.1) is 0 Å². The summed E-state index contributed by atoms with van der Waals surface area (Å²) in [4.78, 5) is 4.76. The van der Waals surface area contributed by atoms with E-state index in [2.05, 4.69) is 46.4 Å². The second kappa shape index (κ2) is 5.53. The van der Waals surface area contributed by atoms with E-state index < -0.39 is 0 Å². The average molecular weight is 269 g/mol. The maximum atomic E-state index is 6.33. The van der Waals surface area contributed by atoms with E-state index in [1.165, 1.54) is 16.7 Å². The second-order valence-electron chi connectivity index (χ2n) is 5.29. The molecule has 106 valence electrons. The molecule has 0 radical (unpaired) electrons. The molecule has 0 unspecified atom stereocenters. The molecule has 2 rings (SSSR count). The lowest BCUT2D eigenvalue weighted by Gasteiger charge is -2.10. The van der Waals surface area contributed by atoms with Gasteiger partial charge in [-0.05, 0) is 31.9 Å². The quantitative estimate of drug-likeness (QED) is 0.858. The molecule has 1 aromatic heterocycles. The first-order valence-corrected chi connectivity index (χ1v) is 7.03. The summed E-state index contributed by atoms with van der Waals surface area (Å²) < 4.78 is 2.04. The Kier molecular flexibility index (Phi) is 3.98. The SMILES string of the molecule is C=CCn1c(CC)nc(-c2c(C)cc(C)cc2C)c1N. The summed E-state index contributed by atoms with van der Waals surface area (Å²) >= 11 is 0. The van der Waals surface area contributed by atoms with Crippen molar-refractivity contribution in [3.05, 3.63) is 47.3 Å². The van der Waals surface area contributed by atoms with Gasteiger partial charge in [-0.1, -0.05) is 30.7 Å². The number of aromatic nitrogens is 2. The molecular formula is C17H23N3. The molecule has 0 bridgehead atoms. The number of rotatable bonds is 4. The first-order valence-electron chi connectivity index (χ1n) is 7.03. The topological polar surface area (TPSA) is 43.8 Å². The van der Waals surface area contributed by atoms with Crippen molar-refractivity contribution in [3.63, 3.8) is 0 Å². The van der Waals surface area contributed by atoms with Crippen molar-refractivity contribution in [1.82, 2.24) is 9.55 Å². The van der Waals surface area contributed by atoms with Gasteiger partial charge in [-0.15, -0.1) is 6.58 Å². The Labute approximate surface area is 121 Å². The van der Waals surface area contributed by atoms with E-state index in [0.717, 1.165) is 29.3 Å². The van der Waals surface area contributed by atoms with Crippen LogP contribution in [-0.4, -0.2) is 9.55 Å². The Hall–Kier alpha value is -2.03. The van der Waals surface area contributed by atoms with Crippen LogP contribution in [0.25, 0.3) is 11.3 Å². The van der Waals surface area contributed by atoms with Gasteiger partial charge in [0.15, 0.2) is 0 Å². The molecule has 0 amide bonds. The molecule has 3 heteroatoms. The van der Waals surface area contributed by atoms with Crippen molar-refractivity contribution in [2.45, 2.75) is 40.7 Å². The van der Waals surface area contributed by atoms with Crippen LogP contribution < -0.4 is 5.73 Å². The van der Waals surface area contributed by atoms with E-state index in [0.29, 0.717) is 6.54 Å². The van der Waals surface area contributed by atoms with Crippen LogP contribution in [0.2, 0.25) is 0 Å².